The van der Waals surface area contributed by atoms with Gasteiger partial charge in [0.05, 0.1) is 16.8 Å². The van der Waals surface area contributed by atoms with Gasteiger partial charge in [0, 0.05) is 12.1 Å². The van der Waals surface area contributed by atoms with E-state index in [4.69, 9.17) is 9.15 Å². The smallest absolute Gasteiger partial charge is 0.381 e. The van der Waals surface area contributed by atoms with Gasteiger partial charge in [-0.15, -0.1) is 5.11 Å². The van der Waals surface area contributed by atoms with E-state index in [0.717, 1.165) is 6.20 Å². The molecule has 28 heavy (non-hydrogen) atoms. The highest BCUT2D eigenvalue weighted by atomic mass is 16.6. The second kappa shape index (κ2) is 7.66. The van der Waals surface area contributed by atoms with Gasteiger partial charge in [-0.25, -0.2) is 4.79 Å². The first-order valence-electron chi connectivity index (χ1n) is 7.98. The molecule has 0 unspecified atom stereocenters. The highest BCUT2D eigenvalue weighted by Crippen LogP contribution is 2.28. The number of esters is 1. The third kappa shape index (κ3) is 4.18. The summed E-state index contributed by atoms with van der Waals surface area (Å²) in [4.78, 5) is 25.9. The van der Waals surface area contributed by atoms with Crippen LogP contribution in [-0.4, -0.2) is 21.0 Å². The van der Waals surface area contributed by atoms with Crippen molar-refractivity contribution in [3.05, 3.63) is 69.6 Å². The van der Waals surface area contributed by atoms with Crippen molar-refractivity contribution in [1.82, 2.24) is 4.98 Å². The van der Waals surface area contributed by atoms with Gasteiger partial charge in [-0.3, -0.25) is 10.1 Å². The molecule has 142 valence electrons. The fourth-order valence-corrected chi connectivity index (χ4v) is 2.29. The predicted octanol–water partition coefficient (Wildman–Crippen LogP) is 4.54. The van der Waals surface area contributed by atoms with Crippen LogP contribution in [0.25, 0.3) is 0 Å². The molecule has 10 nitrogen and oxygen atoms in total. The van der Waals surface area contributed by atoms with E-state index in [1.807, 2.05) is 0 Å². The number of non-ortho nitro benzene ring substituents is 1. The summed E-state index contributed by atoms with van der Waals surface area (Å²) in [6.45, 7) is 3.47. The second-order valence-corrected chi connectivity index (χ2v) is 5.78. The molecule has 3 rings (SSSR count). The van der Waals surface area contributed by atoms with Crippen molar-refractivity contribution in [3.8, 4) is 11.5 Å². The number of hydrogen-bond donors (Lipinski definition) is 1. The molecule has 1 heterocycles. The van der Waals surface area contributed by atoms with E-state index in [0.29, 0.717) is 16.8 Å². The number of aromatic nitrogens is 1. The molecule has 0 aliphatic heterocycles. The molecule has 0 amide bonds. The van der Waals surface area contributed by atoms with E-state index in [2.05, 4.69) is 15.2 Å². The SMILES string of the molecule is Cc1cc(N=Nc2ncc(C(=O)Oc3ccc([N+](=O)[O-])cc3)o2)cc(C)c1O. The number of carbonyl (C=O) groups is 1. The first-order chi connectivity index (χ1) is 13.3. The third-order valence-electron chi connectivity index (χ3n) is 3.68. The van der Waals surface area contributed by atoms with Crippen molar-refractivity contribution < 1.29 is 24.0 Å². The third-order valence-corrected chi connectivity index (χ3v) is 3.68. The Morgan fingerprint density at radius 1 is 1.18 bits per heavy atom. The molecule has 0 bridgehead atoms. The number of hydrogen-bond acceptors (Lipinski definition) is 9. The lowest BCUT2D eigenvalue weighted by Gasteiger charge is -2.03. The lowest BCUT2D eigenvalue weighted by Crippen LogP contribution is -2.07. The van der Waals surface area contributed by atoms with Crippen LogP contribution in [0.1, 0.15) is 21.7 Å². The number of azo groups is 1. The molecule has 10 heteroatoms. The van der Waals surface area contributed by atoms with E-state index in [1.54, 1.807) is 26.0 Å². The second-order valence-electron chi connectivity index (χ2n) is 5.78. The molecule has 1 N–H and O–H groups in total. The van der Waals surface area contributed by atoms with Crippen molar-refractivity contribution >= 4 is 23.4 Å². The minimum atomic E-state index is -0.834. The number of carbonyl (C=O) groups excluding carboxylic acids is 1. The van der Waals surface area contributed by atoms with E-state index in [-0.39, 0.29) is 29.0 Å². The number of aromatic hydroxyl groups is 1. The van der Waals surface area contributed by atoms with Gasteiger partial charge in [-0.2, -0.15) is 4.98 Å². The fraction of sp³-hybridized carbons (Fsp3) is 0.111. The normalized spacial score (nSPS) is 10.9. The summed E-state index contributed by atoms with van der Waals surface area (Å²) in [7, 11) is 0. The number of rotatable bonds is 5. The molecule has 1 aromatic heterocycles. The Bertz CT molecular complexity index is 1050. The summed E-state index contributed by atoms with van der Waals surface area (Å²) in [5, 5.41) is 28.2. The molecular weight excluding hydrogens is 368 g/mol. The van der Waals surface area contributed by atoms with Gasteiger partial charge >= 0.3 is 12.0 Å². The van der Waals surface area contributed by atoms with Crippen molar-refractivity contribution in [2.24, 2.45) is 10.2 Å². The molecule has 3 aromatic rings. The molecule has 0 atom stereocenters. The Balaban J connectivity index is 1.69. The minimum absolute atomic E-state index is 0.116. The predicted molar refractivity (Wildman–Crippen MR) is 96.3 cm³/mol. The maximum absolute atomic E-state index is 12.1. The zero-order chi connectivity index (χ0) is 20.3. The zero-order valence-corrected chi connectivity index (χ0v) is 14.8. The largest absolute Gasteiger partial charge is 0.507 e. The van der Waals surface area contributed by atoms with Crippen LogP contribution in [0.5, 0.6) is 11.5 Å². The number of oxazole rings is 1. The highest BCUT2D eigenvalue weighted by molar-refractivity contribution is 5.88. The topological polar surface area (TPSA) is 140 Å². The molecule has 0 aliphatic carbocycles. The summed E-state index contributed by atoms with van der Waals surface area (Å²) < 4.78 is 10.2. The van der Waals surface area contributed by atoms with Crippen LogP contribution in [0.4, 0.5) is 17.4 Å². The molecule has 2 aromatic carbocycles. The Hall–Kier alpha value is -4.08. The van der Waals surface area contributed by atoms with Crippen molar-refractivity contribution in [2.75, 3.05) is 0 Å². The lowest BCUT2D eigenvalue weighted by molar-refractivity contribution is -0.384. The van der Waals surface area contributed by atoms with Crippen molar-refractivity contribution in [1.29, 1.82) is 0 Å². The molecule has 0 radical (unpaired) electrons. The van der Waals surface area contributed by atoms with E-state index < -0.39 is 10.9 Å². The summed E-state index contributed by atoms with van der Waals surface area (Å²) in [5.74, 6) is -0.735. The number of nitro benzene ring substituents is 1. The van der Waals surface area contributed by atoms with Crippen LogP contribution in [0.3, 0.4) is 0 Å². The van der Waals surface area contributed by atoms with Crippen molar-refractivity contribution in [2.45, 2.75) is 13.8 Å². The minimum Gasteiger partial charge on any atom is -0.507 e. The van der Waals surface area contributed by atoms with Gasteiger partial charge < -0.3 is 14.3 Å². The van der Waals surface area contributed by atoms with Gasteiger partial charge in [-0.1, -0.05) is 5.11 Å². The van der Waals surface area contributed by atoms with Gasteiger partial charge in [0.25, 0.3) is 5.69 Å². The lowest BCUT2D eigenvalue weighted by atomic mass is 10.1. The zero-order valence-electron chi connectivity index (χ0n) is 14.8. The molecular formula is C18H14N4O6. The van der Waals surface area contributed by atoms with Crippen LogP contribution in [0.2, 0.25) is 0 Å². The number of phenolic OH excluding ortho intramolecular Hbond substituents is 1. The van der Waals surface area contributed by atoms with Crippen LogP contribution < -0.4 is 4.74 Å². The van der Waals surface area contributed by atoms with Crippen LogP contribution >= 0.6 is 0 Å². The molecule has 0 fully saturated rings. The average Bonchev–Trinajstić information content (AvgIpc) is 3.14. The van der Waals surface area contributed by atoms with Gasteiger partial charge in [0.15, 0.2) is 0 Å². The Kier molecular flexibility index (Phi) is 5.12. The fourth-order valence-electron chi connectivity index (χ4n) is 2.29. The standard InChI is InChI=1S/C18H14N4O6/c1-10-7-12(8-11(2)16(10)23)20-21-18-19-9-15(28-18)17(24)27-14-5-3-13(4-6-14)22(25)26/h3-9,23H,1-2H3. The molecule has 0 saturated carbocycles. The Morgan fingerprint density at radius 3 is 2.43 bits per heavy atom. The summed E-state index contributed by atoms with van der Waals surface area (Å²) >= 11 is 0. The first kappa shape index (κ1) is 18.7. The van der Waals surface area contributed by atoms with Crippen LogP contribution in [0, 0.1) is 24.0 Å². The molecule has 0 aliphatic rings. The van der Waals surface area contributed by atoms with Crippen molar-refractivity contribution in [3.63, 3.8) is 0 Å². The van der Waals surface area contributed by atoms with Gasteiger partial charge in [0.1, 0.15) is 11.5 Å². The summed E-state index contributed by atoms with van der Waals surface area (Å²) in [5.41, 5.74) is 1.66. The number of nitro groups is 1. The van der Waals surface area contributed by atoms with E-state index in [9.17, 15) is 20.0 Å². The average molecular weight is 382 g/mol. The number of ether oxygens (including phenoxy) is 1. The number of phenols is 1. The van der Waals surface area contributed by atoms with Crippen LogP contribution in [-0.2, 0) is 0 Å². The number of benzene rings is 2. The maximum atomic E-state index is 12.1. The maximum Gasteiger partial charge on any atom is 0.381 e. The summed E-state index contributed by atoms with van der Waals surface area (Å²) in [6.07, 6.45) is 1.13. The first-order valence-corrected chi connectivity index (χ1v) is 7.98. The quantitative estimate of drug-likeness (QED) is 0.224. The highest BCUT2D eigenvalue weighted by Gasteiger charge is 2.16. The van der Waals surface area contributed by atoms with Crippen LogP contribution in [0.15, 0.2) is 57.2 Å². The number of aryl methyl sites for hydroxylation is 2. The van der Waals surface area contributed by atoms with E-state index in [1.165, 1.54) is 24.3 Å². The molecule has 0 saturated heterocycles. The monoisotopic (exact) mass is 382 g/mol. The van der Waals surface area contributed by atoms with Gasteiger partial charge in [-0.05, 0) is 49.2 Å². The molecule has 0 spiro atoms. The Labute approximate surface area is 158 Å². The van der Waals surface area contributed by atoms with Gasteiger partial charge in [0.2, 0.25) is 5.76 Å². The summed E-state index contributed by atoms with van der Waals surface area (Å²) in [6, 6.07) is 8.13. The van der Waals surface area contributed by atoms with E-state index >= 15 is 0 Å². The Morgan fingerprint density at radius 2 is 1.82 bits per heavy atom. The number of nitrogens with zero attached hydrogens (tertiary/aromatic N) is 4.